The molecule has 1 heterocycles. The SMILES string of the molecule is CCCc1occc1C(=O)NCC(C)CC(=O)O. The predicted molar refractivity (Wildman–Crippen MR) is 66.5 cm³/mol. The summed E-state index contributed by atoms with van der Waals surface area (Å²) in [5.74, 6) is -0.468. The van der Waals surface area contributed by atoms with Crippen LogP contribution in [0.1, 0.15) is 42.8 Å². The van der Waals surface area contributed by atoms with E-state index in [0.29, 0.717) is 17.9 Å². The van der Waals surface area contributed by atoms with E-state index < -0.39 is 5.97 Å². The molecular formula is C13H19NO4. The van der Waals surface area contributed by atoms with Crippen LogP contribution >= 0.6 is 0 Å². The molecule has 1 unspecified atom stereocenters. The summed E-state index contributed by atoms with van der Waals surface area (Å²) in [6, 6.07) is 1.64. The van der Waals surface area contributed by atoms with Gasteiger partial charge in [-0.25, -0.2) is 0 Å². The Bertz CT molecular complexity index is 411. The van der Waals surface area contributed by atoms with E-state index in [0.717, 1.165) is 12.8 Å². The van der Waals surface area contributed by atoms with E-state index in [2.05, 4.69) is 5.32 Å². The highest BCUT2D eigenvalue weighted by atomic mass is 16.4. The number of hydrogen-bond donors (Lipinski definition) is 2. The molecule has 0 aliphatic heterocycles. The fourth-order valence-corrected chi connectivity index (χ4v) is 1.70. The average molecular weight is 253 g/mol. The zero-order valence-electron chi connectivity index (χ0n) is 10.7. The lowest BCUT2D eigenvalue weighted by Gasteiger charge is -2.10. The molecule has 0 bridgehead atoms. The number of carbonyl (C=O) groups is 2. The monoisotopic (exact) mass is 253 g/mol. The van der Waals surface area contributed by atoms with Gasteiger partial charge in [0.05, 0.1) is 11.8 Å². The van der Waals surface area contributed by atoms with E-state index in [1.54, 1.807) is 13.0 Å². The Morgan fingerprint density at radius 3 is 2.83 bits per heavy atom. The highest BCUT2D eigenvalue weighted by Gasteiger charge is 2.15. The average Bonchev–Trinajstić information content (AvgIpc) is 2.74. The summed E-state index contributed by atoms with van der Waals surface area (Å²) < 4.78 is 5.24. The summed E-state index contributed by atoms with van der Waals surface area (Å²) in [6.45, 7) is 4.15. The van der Waals surface area contributed by atoms with Crippen molar-refractivity contribution in [1.29, 1.82) is 0 Å². The summed E-state index contributed by atoms with van der Waals surface area (Å²) in [5.41, 5.74) is 0.541. The number of amides is 1. The molecule has 0 aliphatic carbocycles. The van der Waals surface area contributed by atoms with Crippen molar-refractivity contribution in [1.82, 2.24) is 5.32 Å². The Labute approximate surface area is 106 Å². The van der Waals surface area contributed by atoms with E-state index in [1.807, 2.05) is 6.92 Å². The molecule has 0 saturated heterocycles. The Hall–Kier alpha value is -1.78. The van der Waals surface area contributed by atoms with Crippen molar-refractivity contribution in [2.24, 2.45) is 5.92 Å². The highest BCUT2D eigenvalue weighted by Crippen LogP contribution is 2.12. The van der Waals surface area contributed by atoms with Crippen LogP contribution < -0.4 is 5.32 Å². The standard InChI is InChI=1S/C13H19NO4/c1-3-4-11-10(5-6-18-11)13(17)14-8-9(2)7-12(15)16/h5-6,9H,3-4,7-8H2,1-2H3,(H,14,17)(H,15,16). The Morgan fingerprint density at radius 1 is 1.50 bits per heavy atom. The number of aliphatic carboxylic acids is 1. The van der Waals surface area contributed by atoms with Crippen LogP contribution in [0.25, 0.3) is 0 Å². The summed E-state index contributed by atoms with van der Waals surface area (Å²) in [7, 11) is 0. The number of furan rings is 1. The number of nitrogens with one attached hydrogen (secondary N) is 1. The van der Waals surface area contributed by atoms with Gasteiger partial charge in [-0.3, -0.25) is 9.59 Å². The number of carboxylic acid groups (broad SMARTS) is 1. The lowest BCUT2D eigenvalue weighted by Crippen LogP contribution is -2.29. The molecule has 0 aromatic carbocycles. The maximum Gasteiger partial charge on any atom is 0.303 e. The van der Waals surface area contributed by atoms with Gasteiger partial charge in [0, 0.05) is 19.4 Å². The summed E-state index contributed by atoms with van der Waals surface area (Å²) >= 11 is 0. The molecule has 1 rings (SSSR count). The smallest absolute Gasteiger partial charge is 0.303 e. The van der Waals surface area contributed by atoms with E-state index in [4.69, 9.17) is 9.52 Å². The van der Waals surface area contributed by atoms with Crippen molar-refractivity contribution in [3.8, 4) is 0 Å². The molecule has 2 N–H and O–H groups in total. The molecule has 5 nitrogen and oxygen atoms in total. The van der Waals surface area contributed by atoms with Gasteiger partial charge in [0.1, 0.15) is 5.76 Å². The van der Waals surface area contributed by atoms with Gasteiger partial charge in [0.25, 0.3) is 5.91 Å². The van der Waals surface area contributed by atoms with Gasteiger partial charge in [-0.05, 0) is 18.4 Å². The molecule has 1 amide bonds. The van der Waals surface area contributed by atoms with Crippen LogP contribution in [0.15, 0.2) is 16.7 Å². The molecule has 1 aromatic heterocycles. The third-order valence-corrected chi connectivity index (χ3v) is 2.60. The van der Waals surface area contributed by atoms with Crippen LogP contribution in [0.4, 0.5) is 0 Å². The van der Waals surface area contributed by atoms with Crippen molar-refractivity contribution in [3.05, 3.63) is 23.7 Å². The maximum atomic E-state index is 11.9. The Morgan fingerprint density at radius 2 is 2.22 bits per heavy atom. The lowest BCUT2D eigenvalue weighted by molar-refractivity contribution is -0.137. The Balaban J connectivity index is 2.49. The van der Waals surface area contributed by atoms with Gasteiger partial charge in [-0.2, -0.15) is 0 Å². The molecule has 0 spiro atoms. The molecule has 1 aromatic rings. The van der Waals surface area contributed by atoms with Gasteiger partial charge in [0.15, 0.2) is 0 Å². The first kappa shape index (κ1) is 14.3. The van der Waals surface area contributed by atoms with Crippen molar-refractivity contribution in [2.45, 2.75) is 33.1 Å². The molecular weight excluding hydrogens is 234 g/mol. The zero-order chi connectivity index (χ0) is 13.5. The topological polar surface area (TPSA) is 79.5 Å². The van der Waals surface area contributed by atoms with Crippen LogP contribution in [0, 0.1) is 5.92 Å². The fraction of sp³-hybridized carbons (Fsp3) is 0.538. The van der Waals surface area contributed by atoms with Gasteiger partial charge >= 0.3 is 5.97 Å². The van der Waals surface area contributed by atoms with Gasteiger partial charge in [-0.15, -0.1) is 0 Å². The van der Waals surface area contributed by atoms with E-state index in [9.17, 15) is 9.59 Å². The molecule has 18 heavy (non-hydrogen) atoms. The lowest BCUT2D eigenvalue weighted by atomic mass is 10.1. The van der Waals surface area contributed by atoms with E-state index >= 15 is 0 Å². The van der Waals surface area contributed by atoms with Crippen LogP contribution in [0.5, 0.6) is 0 Å². The van der Waals surface area contributed by atoms with Crippen molar-refractivity contribution in [2.75, 3.05) is 6.54 Å². The summed E-state index contributed by atoms with van der Waals surface area (Å²) in [5, 5.41) is 11.3. The van der Waals surface area contributed by atoms with Crippen LogP contribution in [0.3, 0.4) is 0 Å². The summed E-state index contributed by atoms with van der Waals surface area (Å²) in [6.07, 6.45) is 3.18. The van der Waals surface area contributed by atoms with Crippen LogP contribution in [-0.2, 0) is 11.2 Å². The summed E-state index contributed by atoms with van der Waals surface area (Å²) in [4.78, 5) is 22.4. The fourth-order valence-electron chi connectivity index (χ4n) is 1.70. The van der Waals surface area contributed by atoms with E-state index in [1.165, 1.54) is 6.26 Å². The number of rotatable bonds is 7. The molecule has 1 atom stereocenters. The first-order valence-corrected chi connectivity index (χ1v) is 6.11. The highest BCUT2D eigenvalue weighted by molar-refractivity contribution is 5.95. The predicted octanol–water partition coefficient (Wildman–Crippen LogP) is 2.07. The van der Waals surface area contributed by atoms with Gasteiger partial charge in [-0.1, -0.05) is 13.8 Å². The third kappa shape index (κ3) is 4.24. The normalized spacial score (nSPS) is 12.1. The molecule has 0 radical (unpaired) electrons. The van der Waals surface area contributed by atoms with Gasteiger partial charge in [0.2, 0.25) is 0 Å². The zero-order valence-corrected chi connectivity index (χ0v) is 10.7. The maximum absolute atomic E-state index is 11.9. The van der Waals surface area contributed by atoms with Crippen molar-refractivity contribution in [3.63, 3.8) is 0 Å². The number of carbonyl (C=O) groups excluding carboxylic acids is 1. The first-order valence-electron chi connectivity index (χ1n) is 6.11. The molecule has 0 saturated carbocycles. The molecule has 0 fully saturated rings. The van der Waals surface area contributed by atoms with Crippen LogP contribution in [-0.4, -0.2) is 23.5 Å². The second kappa shape index (κ2) is 6.83. The van der Waals surface area contributed by atoms with Crippen molar-refractivity contribution >= 4 is 11.9 Å². The second-order valence-corrected chi connectivity index (χ2v) is 4.42. The minimum atomic E-state index is -0.855. The van der Waals surface area contributed by atoms with E-state index in [-0.39, 0.29) is 18.2 Å². The minimum absolute atomic E-state index is 0.0491. The second-order valence-electron chi connectivity index (χ2n) is 4.42. The number of aryl methyl sites for hydroxylation is 1. The van der Waals surface area contributed by atoms with Crippen LogP contribution in [0.2, 0.25) is 0 Å². The first-order chi connectivity index (χ1) is 8.54. The largest absolute Gasteiger partial charge is 0.481 e. The Kier molecular flexibility index (Phi) is 5.42. The molecule has 0 aliphatic rings. The molecule has 5 heteroatoms. The quantitative estimate of drug-likeness (QED) is 0.779. The molecule has 100 valence electrons. The third-order valence-electron chi connectivity index (χ3n) is 2.60. The number of hydrogen-bond acceptors (Lipinski definition) is 3. The minimum Gasteiger partial charge on any atom is -0.481 e. The van der Waals surface area contributed by atoms with Gasteiger partial charge < -0.3 is 14.8 Å². The van der Waals surface area contributed by atoms with Crippen molar-refractivity contribution < 1.29 is 19.1 Å². The number of carboxylic acids is 1.